The highest BCUT2D eigenvalue weighted by Crippen LogP contribution is 1.92. The predicted octanol–water partition coefficient (Wildman–Crippen LogP) is 1.32. The summed E-state index contributed by atoms with van der Waals surface area (Å²) < 4.78 is 2.10. The average Bonchev–Trinajstić information content (AvgIpc) is 2.14. The standard InChI is InChI=1S/C6H10N2.H2S/c1-3-8-5-4-7-6(8)2;/h4-5H,3H2,1-2H3;1H2. The molecule has 1 heterocycles. The SMILES string of the molecule is CCn1ccnc1C.S. The van der Waals surface area contributed by atoms with Crippen LogP contribution in [0, 0.1) is 6.92 Å². The van der Waals surface area contributed by atoms with E-state index in [1.165, 1.54) is 0 Å². The third kappa shape index (κ3) is 1.75. The van der Waals surface area contributed by atoms with Gasteiger partial charge in [0.1, 0.15) is 5.82 Å². The third-order valence-corrected chi connectivity index (χ3v) is 1.26. The Bertz CT molecular complexity index is 171. The molecule has 0 atom stereocenters. The smallest absolute Gasteiger partial charge is 0.105 e. The summed E-state index contributed by atoms with van der Waals surface area (Å²) in [6.45, 7) is 5.13. The highest BCUT2D eigenvalue weighted by atomic mass is 32.1. The van der Waals surface area contributed by atoms with Gasteiger partial charge in [0.2, 0.25) is 0 Å². The Morgan fingerprint density at radius 3 is 2.56 bits per heavy atom. The maximum Gasteiger partial charge on any atom is 0.105 e. The van der Waals surface area contributed by atoms with Gasteiger partial charge in [-0.3, -0.25) is 0 Å². The van der Waals surface area contributed by atoms with Crippen LogP contribution in [-0.4, -0.2) is 9.55 Å². The third-order valence-electron chi connectivity index (χ3n) is 1.26. The molecule has 0 aliphatic rings. The van der Waals surface area contributed by atoms with Crippen LogP contribution in [0.3, 0.4) is 0 Å². The van der Waals surface area contributed by atoms with Crippen LogP contribution in [0.5, 0.6) is 0 Å². The molecular weight excluding hydrogens is 132 g/mol. The van der Waals surface area contributed by atoms with Crippen molar-refractivity contribution in [2.45, 2.75) is 20.4 Å². The van der Waals surface area contributed by atoms with E-state index in [0.717, 1.165) is 12.4 Å². The molecule has 0 radical (unpaired) electrons. The minimum Gasteiger partial charge on any atom is -0.335 e. The maximum atomic E-state index is 4.05. The molecule has 9 heavy (non-hydrogen) atoms. The maximum absolute atomic E-state index is 4.05. The van der Waals surface area contributed by atoms with Crippen molar-refractivity contribution in [3.8, 4) is 0 Å². The fourth-order valence-corrected chi connectivity index (χ4v) is 0.738. The largest absolute Gasteiger partial charge is 0.335 e. The molecule has 0 bridgehead atoms. The fraction of sp³-hybridized carbons (Fsp3) is 0.500. The summed E-state index contributed by atoms with van der Waals surface area (Å²) in [5.74, 6) is 1.09. The van der Waals surface area contributed by atoms with Gasteiger partial charge in [-0.1, -0.05) is 0 Å². The van der Waals surface area contributed by atoms with Crippen molar-refractivity contribution >= 4 is 13.5 Å². The van der Waals surface area contributed by atoms with Crippen LogP contribution in [0.25, 0.3) is 0 Å². The van der Waals surface area contributed by atoms with E-state index in [2.05, 4.69) is 16.5 Å². The average molecular weight is 144 g/mol. The summed E-state index contributed by atoms with van der Waals surface area (Å²) in [7, 11) is 0. The lowest BCUT2D eigenvalue weighted by molar-refractivity contribution is 0.730. The number of nitrogens with zero attached hydrogens (tertiary/aromatic N) is 2. The Hall–Kier alpha value is -0.440. The molecule has 0 aliphatic heterocycles. The van der Waals surface area contributed by atoms with Crippen LogP contribution in [-0.2, 0) is 6.54 Å². The Morgan fingerprint density at radius 2 is 2.33 bits per heavy atom. The monoisotopic (exact) mass is 144 g/mol. The van der Waals surface area contributed by atoms with Gasteiger partial charge in [-0.15, -0.1) is 0 Å². The van der Waals surface area contributed by atoms with Crippen LogP contribution >= 0.6 is 13.5 Å². The number of hydrogen-bond donors (Lipinski definition) is 0. The number of aromatic nitrogens is 2. The van der Waals surface area contributed by atoms with Gasteiger partial charge in [0, 0.05) is 18.9 Å². The van der Waals surface area contributed by atoms with E-state index in [-0.39, 0.29) is 13.5 Å². The van der Waals surface area contributed by atoms with Crippen LogP contribution in [0.15, 0.2) is 12.4 Å². The molecule has 1 rings (SSSR count). The summed E-state index contributed by atoms with van der Waals surface area (Å²) in [5.41, 5.74) is 0. The van der Waals surface area contributed by atoms with Crippen molar-refractivity contribution in [2.24, 2.45) is 0 Å². The van der Waals surface area contributed by atoms with Crippen molar-refractivity contribution in [3.63, 3.8) is 0 Å². The summed E-state index contributed by atoms with van der Waals surface area (Å²) in [5, 5.41) is 0. The second-order valence-corrected chi connectivity index (χ2v) is 1.76. The van der Waals surface area contributed by atoms with Crippen LogP contribution in [0.2, 0.25) is 0 Å². The van der Waals surface area contributed by atoms with Crippen molar-refractivity contribution in [3.05, 3.63) is 18.2 Å². The van der Waals surface area contributed by atoms with E-state index in [1.807, 2.05) is 19.3 Å². The lowest BCUT2D eigenvalue weighted by Gasteiger charge is -1.95. The highest BCUT2D eigenvalue weighted by Gasteiger charge is 1.88. The number of hydrogen-bond acceptors (Lipinski definition) is 1. The Morgan fingerprint density at radius 1 is 1.67 bits per heavy atom. The van der Waals surface area contributed by atoms with E-state index in [0.29, 0.717) is 0 Å². The van der Waals surface area contributed by atoms with Crippen molar-refractivity contribution in [1.82, 2.24) is 9.55 Å². The molecule has 0 saturated heterocycles. The highest BCUT2D eigenvalue weighted by molar-refractivity contribution is 7.59. The summed E-state index contributed by atoms with van der Waals surface area (Å²) in [6, 6.07) is 0. The van der Waals surface area contributed by atoms with Crippen LogP contribution in [0.1, 0.15) is 12.7 Å². The van der Waals surface area contributed by atoms with E-state index < -0.39 is 0 Å². The molecule has 0 aliphatic carbocycles. The summed E-state index contributed by atoms with van der Waals surface area (Å²) in [6.07, 6.45) is 3.80. The minimum atomic E-state index is 0. The normalized spacial score (nSPS) is 8.67. The molecule has 3 heteroatoms. The van der Waals surface area contributed by atoms with Gasteiger partial charge >= 0.3 is 0 Å². The first kappa shape index (κ1) is 8.56. The second-order valence-electron chi connectivity index (χ2n) is 1.76. The van der Waals surface area contributed by atoms with Gasteiger partial charge < -0.3 is 4.57 Å². The molecule has 52 valence electrons. The molecule has 0 N–H and O–H groups in total. The molecule has 0 unspecified atom stereocenters. The van der Waals surface area contributed by atoms with Crippen LogP contribution < -0.4 is 0 Å². The number of imidazole rings is 1. The Balaban J connectivity index is 0.000000640. The molecular formula is C6H12N2S. The molecule has 0 amide bonds. The minimum absolute atomic E-state index is 0. The summed E-state index contributed by atoms with van der Waals surface area (Å²) >= 11 is 0. The molecule has 1 aromatic heterocycles. The lowest BCUT2D eigenvalue weighted by atomic mass is 10.6. The molecule has 0 saturated carbocycles. The second kappa shape index (κ2) is 3.56. The zero-order valence-corrected chi connectivity index (χ0v) is 6.76. The lowest BCUT2D eigenvalue weighted by Crippen LogP contribution is -1.93. The Kier molecular flexibility index (Phi) is 3.39. The van der Waals surface area contributed by atoms with Gasteiger partial charge in [-0.2, -0.15) is 13.5 Å². The van der Waals surface area contributed by atoms with E-state index in [9.17, 15) is 0 Å². The number of aryl methyl sites for hydroxylation is 2. The van der Waals surface area contributed by atoms with Gasteiger partial charge in [0.25, 0.3) is 0 Å². The molecule has 0 aromatic carbocycles. The van der Waals surface area contributed by atoms with Crippen molar-refractivity contribution in [1.29, 1.82) is 0 Å². The first-order chi connectivity index (χ1) is 3.84. The van der Waals surface area contributed by atoms with Gasteiger partial charge in [0.05, 0.1) is 0 Å². The van der Waals surface area contributed by atoms with E-state index >= 15 is 0 Å². The zero-order chi connectivity index (χ0) is 5.98. The van der Waals surface area contributed by atoms with Gasteiger partial charge in [0.15, 0.2) is 0 Å². The predicted molar refractivity (Wildman–Crippen MR) is 43.0 cm³/mol. The van der Waals surface area contributed by atoms with E-state index in [1.54, 1.807) is 0 Å². The fourth-order valence-electron chi connectivity index (χ4n) is 0.738. The quantitative estimate of drug-likeness (QED) is 0.581. The molecule has 0 fully saturated rings. The molecule has 2 nitrogen and oxygen atoms in total. The first-order valence-electron chi connectivity index (χ1n) is 2.82. The van der Waals surface area contributed by atoms with Gasteiger partial charge in [-0.25, -0.2) is 4.98 Å². The van der Waals surface area contributed by atoms with E-state index in [4.69, 9.17) is 0 Å². The van der Waals surface area contributed by atoms with Crippen LogP contribution in [0.4, 0.5) is 0 Å². The molecule has 0 spiro atoms. The van der Waals surface area contributed by atoms with Crippen molar-refractivity contribution in [2.75, 3.05) is 0 Å². The number of rotatable bonds is 1. The first-order valence-corrected chi connectivity index (χ1v) is 2.82. The molecule has 1 aromatic rings. The van der Waals surface area contributed by atoms with Crippen molar-refractivity contribution < 1.29 is 0 Å². The topological polar surface area (TPSA) is 17.8 Å². The Labute approximate surface area is 62.4 Å². The summed E-state index contributed by atoms with van der Waals surface area (Å²) in [4.78, 5) is 4.05. The zero-order valence-electron chi connectivity index (χ0n) is 5.76. The van der Waals surface area contributed by atoms with Gasteiger partial charge in [-0.05, 0) is 13.8 Å².